The van der Waals surface area contributed by atoms with Crippen molar-refractivity contribution in [3.63, 3.8) is 0 Å². The summed E-state index contributed by atoms with van der Waals surface area (Å²) in [6, 6.07) is 2.77. The third-order valence-electron chi connectivity index (χ3n) is 2.18. The molecule has 0 aliphatic rings. The van der Waals surface area contributed by atoms with Crippen molar-refractivity contribution in [2.24, 2.45) is 0 Å². The summed E-state index contributed by atoms with van der Waals surface area (Å²) in [4.78, 5) is 11.0. The van der Waals surface area contributed by atoms with E-state index in [2.05, 4.69) is 10.3 Å². The standard InChI is InChI=1S/C10H7F2N3O2/c1-5-9(10(16)17)15(14-13-5)8-3-2-6(11)4-7(8)12/h2-4H,1H3,(H,16,17). The number of carbonyl (C=O) groups is 1. The zero-order valence-corrected chi connectivity index (χ0v) is 8.69. The van der Waals surface area contributed by atoms with E-state index in [1.807, 2.05) is 0 Å². The van der Waals surface area contributed by atoms with Crippen LogP contribution in [-0.2, 0) is 0 Å². The average Bonchev–Trinajstić information content (AvgIpc) is 2.60. The Morgan fingerprint density at radius 1 is 1.41 bits per heavy atom. The topological polar surface area (TPSA) is 68.0 Å². The van der Waals surface area contributed by atoms with Gasteiger partial charge in [-0.1, -0.05) is 5.21 Å². The van der Waals surface area contributed by atoms with E-state index < -0.39 is 17.6 Å². The first-order valence-electron chi connectivity index (χ1n) is 4.61. The number of rotatable bonds is 2. The van der Waals surface area contributed by atoms with Crippen LogP contribution in [0.4, 0.5) is 8.78 Å². The van der Waals surface area contributed by atoms with Gasteiger partial charge in [0.2, 0.25) is 0 Å². The van der Waals surface area contributed by atoms with E-state index in [-0.39, 0.29) is 17.1 Å². The number of carboxylic acids is 1. The number of aromatic carboxylic acids is 1. The predicted molar refractivity (Wildman–Crippen MR) is 53.0 cm³/mol. The molecule has 0 fully saturated rings. The molecule has 0 aliphatic heterocycles. The molecule has 0 radical (unpaired) electrons. The Balaban J connectivity index is 2.65. The Morgan fingerprint density at radius 3 is 2.71 bits per heavy atom. The van der Waals surface area contributed by atoms with Gasteiger partial charge in [0.15, 0.2) is 11.5 Å². The first kappa shape index (κ1) is 11.2. The van der Waals surface area contributed by atoms with Crippen LogP contribution in [0.5, 0.6) is 0 Å². The summed E-state index contributed by atoms with van der Waals surface area (Å²) in [6.07, 6.45) is 0. The summed E-state index contributed by atoms with van der Waals surface area (Å²) in [6.45, 7) is 1.44. The van der Waals surface area contributed by atoms with Crippen molar-refractivity contribution in [2.45, 2.75) is 6.92 Å². The van der Waals surface area contributed by atoms with Crippen molar-refractivity contribution in [3.8, 4) is 5.69 Å². The van der Waals surface area contributed by atoms with Gasteiger partial charge < -0.3 is 5.11 Å². The molecule has 2 aromatic rings. The van der Waals surface area contributed by atoms with Crippen LogP contribution in [0.3, 0.4) is 0 Å². The number of benzene rings is 1. The van der Waals surface area contributed by atoms with Gasteiger partial charge in [-0.15, -0.1) is 5.10 Å². The SMILES string of the molecule is Cc1nnn(-c2ccc(F)cc2F)c1C(=O)O. The highest BCUT2D eigenvalue weighted by molar-refractivity contribution is 5.87. The molecular formula is C10H7F2N3O2. The Hall–Kier alpha value is -2.31. The minimum atomic E-state index is -1.28. The van der Waals surface area contributed by atoms with E-state index in [0.717, 1.165) is 16.8 Å². The highest BCUT2D eigenvalue weighted by Gasteiger charge is 2.19. The summed E-state index contributed by atoms with van der Waals surface area (Å²) < 4.78 is 27.0. The van der Waals surface area contributed by atoms with Gasteiger partial charge in [-0.05, 0) is 19.1 Å². The smallest absolute Gasteiger partial charge is 0.356 e. The lowest BCUT2D eigenvalue weighted by Gasteiger charge is -2.04. The highest BCUT2D eigenvalue weighted by Crippen LogP contribution is 2.17. The van der Waals surface area contributed by atoms with Crippen molar-refractivity contribution < 1.29 is 18.7 Å². The first-order valence-corrected chi connectivity index (χ1v) is 4.61. The molecule has 0 spiro atoms. The fraction of sp³-hybridized carbons (Fsp3) is 0.100. The van der Waals surface area contributed by atoms with E-state index in [0.29, 0.717) is 6.07 Å². The molecule has 17 heavy (non-hydrogen) atoms. The molecule has 88 valence electrons. The molecular weight excluding hydrogens is 232 g/mol. The zero-order chi connectivity index (χ0) is 12.6. The molecule has 0 bridgehead atoms. The Kier molecular flexibility index (Phi) is 2.58. The van der Waals surface area contributed by atoms with Gasteiger partial charge in [0.25, 0.3) is 0 Å². The van der Waals surface area contributed by atoms with Crippen LogP contribution in [-0.4, -0.2) is 26.1 Å². The molecule has 5 nitrogen and oxygen atoms in total. The van der Waals surface area contributed by atoms with Gasteiger partial charge in [-0.25, -0.2) is 18.3 Å². The second-order valence-corrected chi connectivity index (χ2v) is 3.34. The number of nitrogens with zero attached hydrogens (tertiary/aromatic N) is 3. The first-order chi connectivity index (χ1) is 8.00. The van der Waals surface area contributed by atoms with Gasteiger partial charge in [0, 0.05) is 6.07 Å². The monoisotopic (exact) mass is 239 g/mol. The minimum absolute atomic E-state index is 0.154. The minimum Gasteiger partial charge on any atom is -0.476 e. The maximum Gasteiger partial charge on any atom is 0.356 e. The highest BCUT2D eigenvalue weighted by atomic mass is 19.1. The molecule has 1 heterocycles. The van der Waals surface area contributed by atoms with Crippen molar-refractivity contribution in [3.05, 3.63) is 41.2 Å². The van der Waals surface area contributed by atoms with Gasteiger partial charge in [-0.3, -0.25) is 0 Å². The summed E-state index contributed by atoms with van der Waals surface area (Å²) in [7, 11) is 0. The lowest BCUT2D eigenvalue weighted by atomic mass is 10.2. The van der Waals surface area contributed by atoms with E-state index >= 15 is 0 Å². The normalized spacial score (nSPS) is 10.5. The maximum atomic E-state index is 13.5. The van der Waals surface area contributed by atoms with Crippen molar-refractivity contribution in [1.29, 1.82) is 0 Å². The molecule has 0 saturated carbocycles. The lowest BCUT2D eigenvalue weighted by Crippen LogP contribution is -2.10. The number of aryl methyl sites for hydroxylation is 1. The number of hydrogen-bond donors (Lipinski definition) is 1. The zero-order valence-electron chi connectivity index (χ0n) is 8.69. The Morgan fingerprint density at radius 2 is 2.12 bits per heavy atom. The summed E-state index contributed by atoms with van der Waals surface area (Å²) >= 11 is 0. The third kappa shape index (κ3) is 1.86. The second kappa shape index (κ2) is 3.93. The van der Waals surface area contributed by atoms with Crippen LogP contribution in [0.25, 0.3) is 5.69 Å². The lowest BCUT2D eigenvalue weighted by molar-refractivity contribution is 0.0686. The Bertz CT molecular complexity index is 595. The van der Waals surface area contributed by atoms with Crippen molar-refractivity contribution >= 4 is 5.97 Å². The van der Waals surface area contributed by atoms with Crippen molar-refractivity contribution in [1.82, 2.24) is 15.0 Å². The largest absolute Gasteiger partial charge is 0.476 e. The molecule has 1 aromatic carbocycles. The number of aromatic nitrogens is 3. The molecule has 0 unspecified atom stereocenters. The molecule has 0 atom stereocenters. The second-order valence-electron chi connectivity index (χ2n) is 3.34. The van der Waals surface area contributed by atoms with Gasteiger partial charge in [0.1, 0.15) is 11.5 Å². The van der Waals surface area contributed by atoms with Crippen molar-refractivity contribution in [2.75, 3.05) is 0 Å². The molecule has 1 aromatic heterocycles. The van der Waals surface area contributed by atoms with Crippen LogP contribution in [0.1, 0.15) is 16.2 Å². The van der Waals surface area contributed by atoms with Crippen LogP contribution in [0, 0.1) is 18.6 Å². The Labute approximate surface area is 94.3 Å². The molecule has 0 aliphatic carbocycles. The van der Waals surface area contributed by atoms with E-state index in [9.17, 15) is 13.6 Å². The molecule has 0 amide bonds. The number of hydrogen-bond acceptors (Lipinski definition) is 3. The molecule has 1 N–H and O–H groups in total. The fourth-order valence-corrected chi connectivity index (χ4v) is 1.42. The molecule has 0 saturated heterocycles. The third-order valence-corrected chi connectivity index (χ3v) is 2.18. The maximum absolute atomic E-state index is 13.5. The van der Waals surface area contributed by atoms with E-state index in [4.69, 9.17) is 5.11 Å². The predicted octanol–water partition coefficient (Wildman–Crippen LogP) is 1.55. The van der Waals surface area contributed by atoms with E-state index in [1.165, 1.54) is 6.92 Å². The quantitative estimate of drug-likeness (QED) is 0.863. The fourth-order valence-electron chi connectivity index (χ4n) is 1.42. The van der Waals surface area contributed by atoms with E-state index in [1.54, 1.807) is 0 Å². The van der Waals surface area contributed by atoms with Crippen LogP contribution in [0.2, 0.25) is 0 Å². The van der Waals surface area contributed by atoms with Crippen LogP contribution >= 0.6 is 0 Å². The van der Waals surface area contributed by atoms with Crippen LogP contribution < -0.4 is 0 Å². The van der Waals surface area contributed by atoms with Gasteiger partial charge in [0.05, 0.1) is 5.69 Å². The van der Waals surface area contributed by atoms with Crippen LogP contribution in [0.15, 0.2) is 18.2 Å². The summed E-state index contributed by atoms with van der Waals surface area (Å²) in [5, 5.41) is 16.0. The molecule has 2 rings (SSSR count). The molecule has 7 heteroatoms. The van der Waals surface area contributed by atoms with Gasteiger partial charge in [-0.2, -0.15) is 0 Å². The average molecular weight is 239 g/mol. The summed E-state index contributed by atoms with van der Waals surface area (Å²) in [5.74, 6) is -2.94. The summed E-state index contributed by atoms with van der Waals surface area (Å²) in [5.41, 5.74) is -0.263. The number of carboxylic acid groups (broad SMARTS) is 1. The number of halogens is 2. The van der Waals surface area contributed by atoms with Gasteiger partial charge >= 0.3 is 5.97 Å².